The van der Waals surface area contributed by atoms with Gasteiger partial charge < -0.3 is 10.4 Å². The van der Waals surface area contributed by atoms with E-state index < -0.39 is 15.9 Å². The number of carbonyl (C=O) groups is 1. The van der Waals surface area contributed by atoms with Gasteiger partial charge in [-0.3, -0.25) is 4.79 Å². The van der Waals surface area contributed by atoms with Gasteiger partial charge in [-0.25, -0.2) is 0 Å². The first-order valence-electron chi connectivity index (χ1n) is 6.31. The van der Waals surface area contributed by atoms with Crippen molar-refractivity contribution in [3.63, 3.8) is 0 Å². The Hall–Kier alpha value is 0.300. The normalized spacial score (nSPS) is 15.2. The summed E-state index contributed by atoms with van der Waals surface area (Å²) in [5, 5.41) is 11.4. The summed E-state index contributed by atoms with van der Waals surface area (Å²) in [6, 6.07) is 0. The maximum atomic E-state index is 11.5. The number of aliphatic hydroxyl groups excluding tert-OH is 1. The quantitative estimate of drug-likeness (QED) is 0.388. The lowest BCUT2D eigenvalue weighted by molar-refractivity contribution is -0.124. The Balaban J connectivity index is 3.87. The molecule has 0 bridgehead atoms. The third-order valence-corrected chi connectivity index (χ3v) is 4.34. The lowest BCUT2D eigenvalue weighted by atomic mass is 10.1. The Labute approximate surface area is 124 Å². The van der Waals surface area contributed by atoms with Gasteiger partial charge in [0, 0.05) is 6.42 Å². The number of hydrogen-bond donors (Lipinski definition) is 2. The number of alkyl halides is 3. The Morgan fingerprint density at radius 2 is 1.83 bits per heavy atom. The highest BCUT2D eigenvalue weighted by molar-refractivity contribution is 6.52. The van der Waals surface area contributed by atoms with Crippen LogP contribution in [-0.2, 0) is 4.79 Å². The van der Waals surface area contributed by atoms with Crippen LogP contribution >= 0.6 is 34.8 Å². The van der Waals surface area contributed by atoms with Gasteiger partial charge in [0.25, 0.3) is 0 Å². The minimum Gasteiger partial charge on any atom is -0.370 e. The van der Waals surface area contributed by atoms with E-state index in [4.69, 9.17) is 34.8 Å². The van der Waals surface area contributed by atoms with Crippen molar-refractivity contribution in [1.82, 2.24) is 5.32 Å². The van der Waals surface area contributed by atoms with E-state index >= 15 is 0 Å². The van der Waals surface area contributed by atoms with Gasteiger partial charge in [-0.15, -0.1) is 11.6 Å². The molecule has 0 radical (unpaired) electrons. The van der Waals surface area contributed by atoms with E-state index in [-0.39, 0.29) is 5.91 Å². The Kier molecular flexibility index (Phi) is 9.40. The lowest BCUT2D eigenvalue weighted by Crippen LogP contribution is -2.50. The number of carbonyl (C=O) groups excluding carboxylic acids is 1. The van der Waals surface area contributed by atoms with Crippen molar-refractivity contribution in [2.24, 2.45) is 0 Å². The van der Waals surface area contributed by atoms with Crippen LogP contribution in [0, 0.1) is 0 Å². The number of amides is 1. The first-order valence-corrected chi connectivity index (χ1v) is 7.50. The van der Waals surface area contributed by atoms with Crippen LogP contribution < -0.4 is 5.32 Å². The molecule has 0 aliphatic rings. The SMILES string of the molecule is CCCCCCCC(=O)N[C@@H](O)C(Cl)(Cl)[C@@H](C)Cl. The van der Waals surface area contributed by atoms with Gasteiger partial charge in [-0.2, -0.15) is 0 Å². The van der Waals surface area contributed by atoms with Crippen molar-refractivity contribution in [3.05, 3.63) is 0 Å². The molecule has 0 saturated heterocycles. The molecule has 2 N–H and O–H groups in total. The van der Waals surface area contributed by atoms with Crippen molar-refractivity contribution in [2.45, 2.75) is 68.3 Å². The molecule has 6 heteroatoms. The molecule has 0 aromatic rings. The van der Waals surface area contributed by atoms with Crippen LogP contribution in [0.5, 0.6) is 0 Å². The number of unbranched alkanes of at least 4 members (excludes halogenated alkanes) is 4. The smallest absolute Gasteiger partial charge is 0.222 e. The van der Waals surface area contributed by atoms with E-state index in [1.807, 2.05) is 0 Å². The van der Waals surface area contributed by atoms with Crippen LogP contribution in [0.15, 0.2) is 0 Å². The summed E-state index contributed by atoms with van der Waals surface area (Å²) in [6.07, 6.45) is 4.28. The largest absolute Gasteiger partial charge is 0.370 e. The molecule has 18 heavy (non-hydrogen) atoms. The number of rotatable bonds is 9. The molecule has 108 valence electrons. The fourth-order valence-corrected chi connectivity index (χ4v) is 1.66. The van der Waals surface area contributed by atoms with Crippen molar-refractivity contribution in [2.75, 3.05) is 0 Å². The molecule has 2 atom stereocenters. The number of halogens is 3. The van der Waals surface area contributed by atoms with Crippen LogP contribution in [0.3, 0.4) is 0 Å². The number of nitrogens with one attached hydrogen (secondary N) is 1. The van der Waals surface area contributed by atoms with Crippen LogP contribution in [-0.4, -0.2) is 27.0 Å². The molecule has 0 aliphatic carbocycles. The molecule has 0 unspecified atom stereocenters. The Bertz CT molecular complexity index is 247. The molecule has 0 rings (SSSR count). The van der Waals surface area contributed by atoms with E-state index in [1.165, 1.54) is 12.8 Å². The monoisotopic (exact) mass is 317 g/mol. The minimum atomic E-state index is -1.58. The van der Waals surface area contributed by atoms with Crippen LogP contribution in [0.1, 0.15) is 52.4 Å². The van der Waals surface area contributed by atoms with Crippen LogP contribution in [0.2, 0.25) is 0 Å². The third-order valence-electron chi connectivity index (χ3n) is 2.70. The van der Waals surface area contributed by atoms with Gasteiger partial charge in [0.1, 0.15) is 0 Å². The fourth-order valence-electron chi connectivity index (χ4n) is 1.43. The van der Waals surface area contributed by atoms with Crippen molar-refractivity contribution in [3.8, 4) is 0 Å². The summed E-state index contributed by atoms with van der Waals surface area (Å²) in [5.41, 5.74) is 0. The topological polar surface area (TPSA) is 49.3 Å². The molecule has 0 saturated carbocycles. The zero-order valence-electron chi connectivity index (χ0n) is 10.9. The first kappa shape index (κ1) is 18.3. The summed E-state index contributed by atoms with van der Waals surface area (Å²) in [6.45, 7) is 3.69. The average Bonchev–Trinajstić information content (AvgIpc) is 2.28. The number of aliphatic hydroxyl groups is 1. The zero-order valence-corrected chi connectivity index (χ0v) is 13.2. The highest BCUT2D eigenvalue weighted by atomic mass is 35.5. The second kappa shape index (κ2) is 9.24. The zero-order chi connectivity index (χ0) is 14.2. The minimum absolute atomic E-state index is 0.262. The summed E-state index contributed by atoms with van der Waals surface area (Å²) in [7, 11) is 0. The van der Waals surface area contributed by atoms with E-state index in [0.29, 0.717) is 6.42 Å². The van der Waals surface area contributed by atoms with Crippen molar-refractivity contribution in [1.29, 1.82) is 0 Å². The van der Waals surface area contributed by atoms with Gasteiger partial charge in [0.2, 0.25) is 5.91 Å². The maximum Gasteiger partial charge on any atom is 0.222 e. The van der Waals surface area contributed by atoms with Crippen molar-refractivity contribution >= 4 is 40.7 Å². The van der Waals surface area contributed by atoms with Crippen LogP contribution in [0.4, 0.5) is 0 Å². The standard InChI is InChI=1S/C12H22Cl3NO2/c1-3-4-5-6-7-8-10(17)16-11(18)12(14,15)9(2)13/h9,11,18H,3-8H2,1-2H3,(H,16,17)/t9-,11+/m1/s1. The predicted molar refractivity (Wildman–Crippen MR) is 77.3 cm³/mol. The Morgan fingerprint density at radius 1 is 1.28 bits per heavy atom. The fraction of sp³-hybridized carbons (Fsp3) is 0.917. The molecule has 0 aromatic carbocycles. The average molecular weight is 319 g/mol. The van der Waals surface area contributed by atoms with Gasteiger partial charge >= 0.3 is 0 Å². The van der Waals surface area contributed by atoms with Gasteiger partial charge in [-0.05, 0) is 13.3 Å². The van der Waals surface area contributed by atoms with Gasteiger partial charge in [0.05, 0.1) is 5.38 Å². The molecule has 0 aliphatic heterocycles. The molecule has 3 nitrogen and oxygen atoms in total. The van der Waals surface area contributed by atoms with E-state index in [2.05, 4.69) is 12.2 Å². The molecule has 0 spiro atoms. The number of hydrogen-bond acceptors (Lipinski definition) is 2. The summed E-state index contributed by atoms with van der Waals surface area (Å²) in [5.74, 6) is -0.262. The second-order valence-electron chi connectivity index (χ2n) is 4.42. The van der Waals surface area contributed by atoms with Crippen molar-refractivity contribution < 1.29 is 9.90 Å². The van der Waals surface area contributed by atoms with Gasteiger partial charge in [-0.1, -0.05) is 55.8 Å². The van der Waals surface area contributed by atoms with Gasteiger partial charge in [0.15, 0.2) is 10.6 Å². The summed E-state index contributed by atoms with van der Waals surface area (Å²) < 4.78 is -1.58. The Morgan fingerprint density at radius 3 is 2.33 bits per heavy atom. The predicted octanol–water partition coefficient (Wildman–Crippen LogP) is 3.58. The summed E-state index contributed by atoms with van der Waals surface area (Å²) >= 11 is 17.4. The molecular weight excluding hydrogens is 296 g/mol. The molecule has 0 aromatic heterocycles. The molecule has 0 heterocycles. The highest BCUT2D eigenvalue weighted by Crippen LogP contribution is 2.31. The first-order chi connectivity index (χ1) is 8.32. The van der Waals surface area contributed by atoms with Crippen LogP contribution in [0.25, 0.3) is 0 Å². The highest BCUT2D eigenvalue weighted by Gasteiger charge is 2.39. The maximum absolute atomic E-state index is 11.5. The molecule has 1 amide bonds. The lowest BCUT2D eigenvalue weighted by Gasteiger charge is -2.28. The van der Waals surface area contributed by atoms with E-state index in [1.54, 1.807) is 6.92 Å². The summed E-state index contributed by atoms with van der Waals surface area (Å²) in [4.78, 5) is 11.5. The van der Waals surface area contributed by atoms with E-state index in [9.17, 15) is 9.90 Å². The molecule has 0 fully saturated rings. The third kappa shape index (κ3) is 7.03. The second-order valence-corrected chi connectivity index (χ2v) is 6.52. The molecular formula is C12H22Cl3NO2. The van der Waals surface area contributed by atoms with E-state index in [0.717, 1.165) is 19.3 Å².